The van der Waals surface area contributed by atoms with Crippen molar-refractivity contribution in [2.75, 3.05) is 23.7 Å². The molecule has 1 aromatic rings. The lowest BCUT2D eigenvalue weighted by Crippen LogP contribution is -2.35. The summed E-state index contributed by atoms with van der Waals surface area (Å²) in [6, 6.07) is 0. The Labute approximate surface area is 105 Å². The van der Waals surface area contributed by atoms with Gasteiger partial charge in [-0.1, -0.05) is 6.92 Å². The first kappa shape index (κ1) is 14.0. The van der Waals surface area contributed by atoms with E-state index in [1.165, 1.54) is 0 Å². The van der Waals surface area contributed by atoms with Gasteiger partial charge < -0.3 is 10.6 Å². The van der Waals surface area contributed by atoms with E-state index < -0.39 is 12.7 Å². The van der Waals surface area contributed by atoms with Gasteiger partial charge in [-0.3, -0.25) is 0 Å². The fourth-order valence-electron chi connectivity index (χ4n) is 1.34. The molecule has 0 aromatic carbocycles. The summed E-state index contributed by atoms with van der Waals surface area (Å²) in [6.45, 7) is 0.978. The Kier molecular flexibility index (Phi) is 4.55. The van der Waals surface area contributed by atoms with Crippen molar-refractivity contribution in [3.8, 4) is 0 Å². The van der Waals surface area contributed by atoms with Gasteiger partial charge in [0.1, 0.15) is 29.0 Å². The van der Waals surface area contributed by atoms with E-state index in [0.717, 1.165) is 11.2 Å². The van der Waals surface area contributed by atoms with Crippen molar-refractivity contribution in [3.63, 3.8) is 0 Å². The lowest BCUT2D eigenvalue weighted by atomic mass is 10.3. The van der Waals surface area contributed by atoms with Crippen molar-refractivity contribution < 1.29 is 13.2 Å². The molecule has 0 saturated heterocycles. The number of hydrogen-bond donors (Lipinski definition) is 1. The Bertz CT molecular complexity index is 383. The van der Waals surface area contributed by atoms with Crippen LogP contribution in [0, 0.1) is 0 Å². The van der Waals surface area contributed by atoms with E-state index in [1.807, 2.05) is 0 Å². The van der Waals surface area contributed by atoms with Gasteiger partial charge in [-0.25, -0.2) is 9.97 Å². The molecule has 2 N–H and O–H groups in total. The van der Waals surface area contributed by atoms with Crippen molar-refractivity contribution in [3.05, 3.63) is 10.8 Å². The summed E-state index contributed by atoms with van der Waals surface area (Å²) < 4.78 is 37.5. The van der Waals surface area contributed by atoms with Gasteiger partial charge in [0.25, 0.3) is 0 Å². The summed E-state index contributed by atoms with van der Waals surface area (Å²) in [5.74, 6) is 0.287. The topological polar surface area (TPSA) is 55.0 Å². The number of hydrogen-bond acceptors (Lipinski definition) is 4. The van der Waals surface area contributed by atoms with Gasteiger partial charge in [0.05, 0.1) is 0 Å². The smallest absolute Gasteiger partial charge is 0.383 e. The van der Waals surface area contributed by atoms with Crippen LogP contribution in [0.3, 0.4) is 0 Å². The second kappa shape index (κ2) is 5.52. The Morgan fingerprint density at radius 2 is 2.06 bits per heavy atom. The molecule has 0 amide bonds. The van der Waals surface area contributed by atoms with Gasteiger partial charge in [0.2, 0.25) is 0 Å². The predicted molar refractivity (Wildman–Crippen MR) is 62.7 cm³/mol. The number of rotatable bonds is 4. The fourth-order valence-corrected chi connectivity index (χ4v) is 1.80. The number of alkyl halides is 3. The van der Waals surface area contributed by atoms with Crippen LogP contribution >= 0.6 is 15.9 Å². The molecule has 0 atom stereocenters. The predicted octanol–water partition coefficient (Wildman–Crippen LogP) is 2.60. The van der Waals surface area contributed by atoms with Gasteiger partial charge in [0, 0.05) is 6.54 Å². The molecule has 4 nitrogen and oxygen atoms in total. The van der Waals surface area contributed by atoms with E-state index >= 15 is 0 Å². The molecule has 0 fully saturated rings. The summed E-state index contributed by atoms with van der Waals surface area (Å²) in [6.07, 6.45) is -2.56. The number of halogens is 4. The Morgan fingerprint density at radius 3 is 2.59 bits per heavy atom. The second-order valence-corrected chi connectivity index (χ2v) is 4.23. The Hall–Kier alpha value is -1.05. The molecule has 0 aliphatic heterocycles. The number of nitrogens with two attached hydrogens (primary N) is 1. The van der Waals surface area contributed by atoms with Gasteiger partial charge in [-0.05, 0) is 22.4 Å². The van der Waals surface area contributed by atoms with E-state index in [-0.39, 0.29) is 22.7 Å². The second-order valence-electron chi connectivity index (χ2n) is 3.43. The van der Waals surface area contributed by atoms with Gasteiger partial charge in [-0.2, -0.15) is 13.2 Å². The minimum atomic E-state index is -4.28. The highest BCUT2D eigenvalue weighted by Crippen LogP contribution is 2.29. The van der Waals surface area contributed by atoms with Crippen LogP contribution in [0.15, 0.2) is 10.8 Å². The third-order valence-corrected chi connectivity index (χ3v) is 2.72. The van der Waals surface area contributed by atoms with Gasteiger partial charge >= 0.3 is 6.18 Å². The number of nitrogens with zero attached hydrogens (tertiary/aromatic N) is 3. The first-order valence-electron chi connectivity index (χ1n) is 4.92. The Morgan fingerprint density at radius 1 is 1.41 bits per heavy atom. The molecular weight excluding hydrogens is 301 g/mol. The van der Waals surface area contributed by atoms with E-state index in [0.29, 0.717) is 6.42 Å². The maximum Gasteiger partial charge on any atom is 0.405 e. The summed E-state index contributed by atoms with van der Waals surface area (Å²) in [5, 5.41) is 0. The number of anilines is 2. The molecule has 0 saturated carbocycles. The van der Waals surface area contributed by atoms with E-state index in [4.69, 9.17) is 5.73 Å². The van der Waals surface area contributed by atoms with Crippen molar-refractivity contribution in [1.29, 1.82) is 0 Å². The highest BCUT2D eigenvalue weighted by molar-refractivity contribution is 9.10. The van der Waals surface area contributed by atoms with Crippen LogP contribution in [0.25, 0.3) is 0 Å². The quantitative estimate of drug-likeness (QED) is 0.928. The first-order valence-corrected chi connectivity index (χ1v) is 5.72. The number of aromatic nitrogens is 2. The van der Waals surface area contributed by atoms with Crippen molar-refractivity contribution in [2.45, 2.75) is 19.5 Å². The molecule has 1 heterocycles. The standard InChI is InChI=1S/C9H12BrF3N4/c1-2-3-17(4-9(11,12)13)8-6(10)7(14)15-5-16-8/h5H,2-4H2,1H3,(H2,14,15,16). The fraction of sp³-hybridized carbons (Fsp3) is 0.556. The van der Waals surface area contributed by atoms with Crippen LogP contribution in [0.5, 0.6) is 0 Å². The van der Waals surface area contributed by atoms with Crippen LogP contribution < -0.4 is 10.6 Å². The average Bonchev–Trinajstić information content (AvgIpc) is 2.19. The van der Waals surface area contributed by atoms with Crippen LogP contribution in [0.1, 0.15) is 13.3 Å². The zero-order valence-electron chi connectivity index (χ0n) is 9.13. The summed E-state index contributed by atoms with van der Waals surface area (Å²) in [5.41, 5.74) is 5.51. The van der Waals surface area contributed by atoms with Crippen LogP contribution in [0.4, 0.5) is 24.8 Å². The van der Waals surface area contributed by atoms with Crippen LogP contribution in [0.2, 0.25) is 0 Å². The molecule has 0 unspecified atom stereocenters. The molecule has 17 heavy (non-hydrogen) atoms. The lowest BCUT2D eigenvalue weighted by molar-refractivity contribution is -0.119. The third kappa shape index (κ3) is 4.03. The Balaban J connectivity index is 3.01. The molecule has 96 valence electrons. The molecule has 0 spiro atoms. The monoisotopic (exact) mass is 312 g/mol. The maximum atomic E-state index is 12.4. The average molecular weight is 313 g/mol. The van der Waals surface area contributed by atoms with Crippen molar-refractivity contribution in [2.24, 2.45) is 0 Å². The highest BCUT2D eigenvalue weighted by Gasteiger charge is 2.32. The zero-order chi connectivity index (χ0) is 13.1. The minimum absolute atomic E-state index is 0.123. The molecule has 1 aromatic heterocycles. The van der Waals surface area contributed by atoms with Crippen LogP contribution in [-0.4, -0.2) is 29.2 Å². The molecule has 0 bridgehead atoms. The summed E-state index contributed by atoms with van der Waals surface area (Å²) in [7, 11) is 0. The molecule has 1 rings (SSSR count). The zero-order valence-corrected chi connectivity index (χ0v) is 10.7. The highest BCUT2D eigenvalue weighted by atomic mass is 79.9. The van der Waals surface area contributed by atoms with E-state index in [2.05, 4.69) is 25.9 Å². The third-order valence-electron chi connectivity index (χ3n) is 1.96. The van der Waals surface area contributed by atoms with Crippen LogP contribution in [-0.2, 0) is 0 Å². The largest absolute Gasteiger partial charge is 0.405 e. The minimum Gasteiger partial charge on any atom is -0.383 e. The molecule has 0 aliphatic carbocycles. The lowest BCUT2D eigenvalue weighted by Gasteiger charge is -2.25. The van der Waals surface area contributed by atoms with E-state index in [9.17, 15) is 13.2 Å². The molecule has 0 radical (unpaired) electrons. The molecular formula is C9H12BrF3N4. The maximum absolute atomic E-state index is 12.4. The van der Waals surface area contributed by atoms with Gasteiger partial charge in [0.15, 0.2) is 0 Å². The van der Waals surface area contributed by atoms with Gasteiger partial charge in [-0.15, -0.1) is 0 Å². The summed E-state index contributed by atoms with van der Waals surface area (Å²) >= 11 is 3.10. The van der Waals surface area contributed by atoms with Crippen molar-refractivity contribution in [1.82, 2.24) is 9.97 Å². The van der Waals surface area contributed by atoms with Crippen molar-refractivity contribution >= 4 is 27.6 Å². The van der Waals surface area contributed by atoms with E-state index in [1.54, 1.807) is 6.92 Å². The summed E-state index contributed by atoms with van der Waals surface area (Å²) in [4.78, 5) is 8.65. The SMILES string of the molecule is CCCN(CC(F)(F)F)c1ncnc(N)c1Br. The first-order chi connectivity index (χ1) is 7.85. The molecule has 0 aliphatic rings. The normalized spacial score (nSPS) is 11.6. The molecule has 8 heteroatoms. The number of nitrogen functional groups attached to an aromatic ring is 1.